The maximum absolute atomic E-state index is 14.5. The number of aryl methyl sites for hydroxylation is 1. The number of likely N-dealkylation sites (N-methyl/N-ethyl adjacent to an activating group) is 1. The molecule has 0 radical (unpaired) electrons. The summed E-state index contributed by atoms with van der Waals surface area (Å²) in [4.78, 5) is 28.9. The first-order valence-corrected chi connectivity index (χ1v) is 11.4. The number of carbonyl (C=O) groups excluding carboxylic acids is 2. The number of halogens is 3. The van der Waals surface area contributed by atoms with Gasteiger partial charge in [-0.05, 0) is 65.6 Å². The highest BCUT2D eigenvalue weighted by Gasteiger charge is 2.63. The lowest BCUT2D eigenvalue weighted by molar-refractivity contribution is -0.143. The highest BCUT2D eigenvalue weighted by atomic mass is 35.5. The quantitative estimate of drug-likeness (QED) is 0.485. The number of piperidine rings is 1. The van der Waals surface area contributed by atoms with E-state index in [1.54, 1.807) is 42.3 Å². The van der Waals surface area contributed by atoms with Crippen LogP contribution in [0.1, 0.15) is 40.6 Å². The fraction of sp³-hybridized carbons (Fsp3) is 0.231. The second kappa shape index (κ2) is 7.86. The fourth-order valence-corrected chi connectivity index (χ4v) is 5.90. The van der Waals surface area contributed by atoms with Gasteiger partial charge < -0.3 is 10.2 Å². The van der Waals surface area contributed by atoms with Gasteiger partial charge in [0, 0.05) is 35.1 Å². The summed E-state index contributed by atoms with van der Waals surface area (Å²) >= 11 is 12.6. The molecular formula is C26H21Cl2FN2O2. The number of anilines is 1. The molecule has 1 spiro atoms. The number of nitrogens with zero attached hydrogens (tertiary/aromatic N) is 1. The minimum Gasteiger partial charge on any atom is -0.337 e. The molecule has 4 nitrogen and oxygen atoms in total. The largest absolute Gasteiger partial charge is 0.337 e. The molecular weight excluding hydrogens is 462 g/mol. The Morgan fingerprint density at radius 1 is 1.03 bits per heavy atom. The predicted octanol–water partition coefficient (Wildman–Crippen LogP) is 6.02. The van der Waals surface area contributed by atoms with E-state index in [0.29, 0.717) is 21.3 Å². The molecule has 3 aromatic carbocycles. The molecule has 2 amide bonds. The van der Waals surface area contributed by atoms with Crippen LogP contribution >= 0.6 is 23.2 Å². The number of likely N-dealkylation sites (tertiary alicyclic amines) is 1. The van der Waals surface area contributed by atoms with E-state index in [9.17, 15) is 14.0 Å². The average molecular weight is 483 g/mol. The molecule has 168 valence electrons. The van der Waals surface area contributed by atoms with Crippen molar-refractivity contribution in [1.29, 1.82) is 0 Å². The summed E-state index contributed by atoms with van der Waals surface area (Å²) in [6.07, 6.45) is 0.108. The zero-order chi connectivity index (χ0) is 23.5. The van der Waals surface area contributed by atoms with Crippen LogP contribution in [0.2, 0.25) is 10.0 Å². The molecule has 3 atom stereocenters. The lowest BCUT2D eigenvalue weighted by Crippen LogP contribution is -2.57. The normalized spacial score (nSPS) is 24.2. The Labute approximate surface area is 201 Å². The monoisotopic (exact) mass is 482 g/mol. The van der Waals surface area contributed by atoms with Gasteiger partial charge in [-0.15, -0.1) is 0 Å². The Hall–Kier alpha value is -2.89. The van der Waals surface area contributed by atoms with Gasteiger partial charge in [0.25, 0.3) is 0 Å². The van der Waals surface area contributed by atoms with Crippen molar-refractivity contribution >= 4 is 40.7 Å². The van der Waals surface area contributed by atoms with Gasteiger partial charge in [0.05, 0.1) is 6.04 Å². The standard InChI is InChI=1S/C26H21Cl2FN2O2/c1-14-6-8-18(29)12-19(14)24-26(20-9-7-17(28)11-22(20)30-25(26)33)21(13-23(32)31(24)2)15-4-3-5-16(27)10-15/h3-12,21,24H,13H2,1-2H3,(H,30,33). The van der Waals surface area contributed by atoms with Crippen LogP contribution in [-0.2, 0) is 15.0 Å². The number of hydrogen-bond donors (Lipinski definition) is 1. The fourth-order valence-electron chi connectivity index (χ4n) is 5.53. The highest BCUT2D eigenvalue weighted by Crippen LogP contribution is 2.60. The Morgan fingerprint density at radius 3 is 2.55 bits per heavy atom. The van der Waals surface area contributed by atoms with E-state index in [2.05, 4.69) is 5.32 Å². The van der Waals surface area contributed by atoms with Gasteiger partial charge in [-0.25, -0.2) is 4.39 Å². The number of benzene rings is 3. The van der Waals surface area contributed by atoms with Crippen LogP contribution in [0.3, 0.4) is 0 Å². The number of hydrogen-bond acceptors (Lipinski definition) is 2. The number of amides is 2. The minimum absolute atomic E-state index is 0.108. The Morgan fingerprint density at radius 2 is 1.79 bits per heavy atom. The highest BCUT2D eigenvalue weighted by molar-refractivity contribution is 6.31. The molecule has 3 unspecified atom stereocenters. The van der Waals surface area contributed by atoms with Crippen LogP contribution in [0.5, 0.6) is 0 Å². The molecule has 0 saturated carbocycles. The summed E-state index contributed by atoms with van der Waals surface area (Å²) in [5.74, 6) is -1.33. The second-order valence-electron chi connectivity index (χ2n) is 8.73. The molecule has 2 aliphatic heterocycles. The third-order valence-corrected chi connectivity index (χ3v) is 7.45. The molecule has 33 heavy (non-hydrogen) atoms. The molecule has 1 N–H and O–H groups in total. The van der Waals surface area contributed by atoms with Crippen LogP contribution < -0.4 is 5.32 Å². The van der Waals surface area contributed by atoms with E-state index < -0.39 is 23.2 Å². The van der Waals surface area contributed by atoms with Gasteiger partial charge in [0.15, 0.2) is 0 Å². The third-order valence-electron chi connectivity index (χ3n) is 6.98. The molecule has 2 aliphatic rings. The summed E-state index contributed by atoms with van der Waals surface area (Å²) in [5.41, 5.74) is 2.29. The number of nitrogens with one attached hydrogen (secondary N) is 1. The zero-order valence-corrected chi connectivity index (χ0v) is 19.5. The third kappa shape index (κ3) is 3.25. The molecule has 0 aliphatic carbocycles. The first-order chi connectivity index (χ1) is 15.7. The van der Waals surface area contributed by atoms with Crippen LogP contribution in [-0.4, -0.2) is 23.8 Å². The first kappa shape index (κ1) is 21.9. The van der Waals surface area contributed by atoms with E-state index >= 15 is 0 Å². The Kier molecular flexibility index (Phi) is 5.22. The van der Waals surface area contributed by atoms with E-state index in [1.807, 2.05) is 25.1 Å². The summed E-state index contributed by atoms with van der Waals surface area (Å²) in [5, 5.41) is 4.00. The molecule has 0 bridgehead atoms. The van der Waals surface area contributed by atoms with Gasteiger partial charge >= 0.3 is 0 Å². The van der Waals surface area contributed by atoms with Crippen molar-refractivity contribution in [1.82, 2.24) is 4.90 Å². The van der Waals surface area contributed by atoms with Crippen LogP contribution in [0.15, 0.2) is 60.7 Å². The molecule has 0 aromatic heterocycles. The molecule has 2 heterocycles. The summed E-state index contributed by atoms with van der Waals surface area (Å²) in [6, 6.07) is 16.3. The number of fused-ring (bicyclic) bond motifs is 2. The second-order valence-corrected chi connectivity index (χ2v) is 9.61. The predicted molar refractivity (Wildman–Crippen MR) is 127 cm³/mol. The van der Waals surface area contributed by atoms with Crippen LogP contribution in [0, 0.1) is 12.7 Å². The van der Waals surface area contributed by atoms with Crippen molar-refractivity contribution in [3.05, 3.63) is 98.8 Å². The number of carbonyl (C=O) groups is 2. The van der Waals surface area contributed by atoms with Gasteiger partial charge in [0.2, 0.25) is 11.8 Å². The Bertz CT molecular complexity index is 1310. The molecule has 7 heteroatoms. The summed E-state index contributed by atoms with van der Waals surface area (Å²) in [6.45, 7) is 1.86. The lowest BCUT2D eigenvalue weighted by atomic mass is 9.58. The lowest BCUT2D eigenvalue weighted by Gasteiger charge is -2.50. The van der Waals surface area contributed by atoms with Gasteiger partial charge in [-0.2, -0.15) is 0 Å². The van der Waals surface area contributed by atoms with Gasteiger partial charge in [-0.3, -0.25) is 9.59 Å². The van der Waals surface area contributed by atoms with Crippen molar-refractivity contribution in [2.45, 2.75) is 30.7 Å². The molecule has 1 fully saturated rings. The summed E-state index contributed by atoms with van der Waals surface area (Å²) < 4.78 is 14.5. The SMILES string of the molecule is Cc1ccc(F)cc1C1N(C)C(=O)CC(c2cccc(Cl)c2)C12C(=O)Nc1cc(Cl)ccc12. The number of rotatable bonds is 2. The average Bonchev–Trinajstić information content (AvgIpc) is 3.04. The maximum Gasteiger partial charge on any atom is 0.238 e. The van der Waals surface area contributed by atoms with Crippen molar-refractivity contribution < 1.29 is 14.0 Å². The van der Waals surface area contributed by atoms with E-state index in [0.717, 1.165) is 16.7 Å². The van der Waals surface area contributed by atoms with Gasteiger partial charge in [0.1, 0.15) is 11.2 Å². The van der Waals surface area contributed by atoms with Gasteiger partial charge in [-0.1, -0.05) is 47.5 Å². The van der Waals surface area contributed by atoms with Crippen molar-refractivity contribution in [3.63, 3.8) is 0 Å². The van der Waals surface area contributed by atoms with E-state index in [1.165, 1.54) is 12.1 Å². The van der Waals surface area contributed by atoms with Crippen molar-refractivity contribution in [2.75, 3.05) is 12.4 Å². The first-order valence-electron chi connectivity index (χ1n) is 10.6. The molecule has 5 rings (SSSR count). The van der Waals surface area contributed by atoms with Crippen LogP contribution in [0.25, 0.3) is 0 Å². The van der Waals surface area contributed by atoms with Crippen molar-refractivity contribution in [3.8, 4) is 0 Å². The topological polar surface area (TPSA) is 49.4 Å². The molecule has 3 aromatic rings. The van der Waals surface area contributed by atoms with E-state index in [4.69, 9.17) is 23.2 Å². The van der Waals surface area contributed by atoms with E-state index in [-0.39, 0.29) is 18.2 Å². The zero-order valence-electron chi connectivity index (χ0n) is 18.0. The van der Waals surface area contributed by atoms with Crippen LogP contribution in [0.4, 0.5) is 10.1 Å². The minimum atomic E-state index is -1.20. The molecule has 1 saturated heterocycles. The van der Waals surface area contributed by atoms with Crippen molar-refractivity contribution in [2.24, 2.45) is 0 Å². The summed E-state index contributed by atoms with van der Waals surface area (Å²) in [7, 11) is 1.68. The maximum atomic E-state index is 14.5. The Balaban J connectivity index is 1.87. The smallest absolute Gasteiger partial charge is 0.238 e.